The molecule has 2 N–H and O–H groups in total. The Morgan fingerprint density at radius 3 is 2.69 bits per heavy atom. The summed E-state index contributed by atoms with van der Waals surface area (Å²) in [5, 5.41) is 13.3. The van der Waals surface area contributed by atoms with Crippen molar-refractivity contribution in [2.45, 2.75) is 51.7 Å². The molecular weight excluding hydrogens is 466 g/mol. The average molecular weight is 494 g/mol. The fraction of sp³-hybridized carbons (Fsp3) is 0.458. The molecule has 0 bridgehead atoms. The lowest BCUT2D eigenvalue weighted by atomic mass is 10.0. The standard InChI is InChI=1S/C24H27N7O5/c1-13(2)20-22(34)25-8-3-9-29(20)24(36)17-12-31(28-27-17)15-4-5-16-14(10-15)11-30(23(16)35)18-6-7-19(32)26-21(18)33/h4-5,10,12-13,18,20H,3,6-9,11H2,1-2H3,(H,25,34)(H,26,32,33). The molecule has 4 heterocycles. The molecule has 12 heteroatoms. The molecule has 2 aromatic rings. The second-order valence-corrected chi connectivity index (χ2v) is 9.62. The summed E-state index contributed by atoms with van der Waals surface area (Å²) < 4.78 is 1.45. The molecule has 0 spiro atoms. The molecule has 5 amide bonds. The molecule has 2 fully saturated rings. The highest BCUT2D eigenvalue weighted by Crippen LogP contribution is 2.29. The van der Waals surface area contributed by atoms with Gasteiger partial charge >= 0.3 is 0 Å². The summed E-state index contributed by atoms with van der Waals surface area (Å²) in [5.74, 6) is -1.67. The molecule has 36 heavy (non-hydrogen) atoms. The molecule has 2 atom stereocenters. The maximum absolute atomic E-state index is 13.3. The molecule has 2 unspecified atom stereocenters. The average Bonchev–Trinajstić information content (AvgIpc) is 3.39. The van der Waals surface area contributed by atoms with Gasteiger partial charge in [0, 0.05) is 31.6 Å². The number of rotatable bonds is 4. The third-order valence-electron chi connectivity index (χ3n) is 6.86. The van der Waals surface area contributed by atoms with E-state index in [0.29, 0.717) is 30.8 Å². The zero-order chi connectivity index (χ0) is 25.6. The van der Waals surface area contributed by atoms with Gasteiger partial charge < -0.3 is 15.1 Å². The van der Waals surface area contributed by atoms with Gasteiger partial charge in [0.15, 0.2) is 5.69 Å². The van der Waals surface area contributed by atoms with E-state index < -0.39 is 18.0 Å². The van der Waals surface area contributed by atoms with Crippen molar-refractivity contribution in [1.82, 2.24) is 35.4 Å². The van der Waals surface area contributed by atoms with Crippen LogP contribution in [0.25, 0.3) is 5.69 Å². The van der Waals surface area contributed by atoms with E-state index in [4.69, 9.17) is 0 Å². The van der Waals surface area contributed by atoms with Crippen LogP contribution in [0.3, 0.4) is 0 Å². The van der Waals surface area contributed by atoms with Gasteiger partial charge in [-0.15, -0.1) is 5.10 Å². The Labute approximate surface area is 207 Å². The number of imide groups is 1. The molecule has 2 saturated heterocycles. The maximum atomic E-state index is 13.3. The summed E-state index contributed by atoms with van der Waals surface area (Å²) in [6.07, 6.45) is 2.64. The number of hydrogen-bond donors (Lipinski definition) is 2. The molecule has 0 saturated carbocycles. The van der Waals surface area contributed by atoms with E-state index in [2.05, 4.69) is 20.9 Å². The van der Waals surface area contributed by atoms with E-state index in [9.17, 15) is 24.0 Å². The minimum absolute atomic E-state index is 0.0661. The Hall–Kier alpha value is -4.09. The van der Waals surface area contributed by atoms with Crippen LogP contribution >= 0.6 is 0 Å². The summed E-state index contributed by atoms with van der Waals surface area (Å²) in [6.45, 7) is 4.98. The van der Waals surface area contributed by atoms with Gasteiger partial charge in [0.2, 0.25) is 17.7 Å². The second kappa shape index (κ2) is 9.17. The molecule has 1 aromatic carbocycles. The first kappa shape index (κ1) is 23.6. The number of nitrogens with one attached hydrogen (secondary N) is 2. The number of piperidine rings is 1. The lowest BCUT2D eigenvalue weighted by Crippen LogP contribution is -2.52. The lowest BCUT2D eigenvalue weighted by Gasteiger charge is -2.30. The first-order valence-corrected chi connectivity index (χ1v) is 12.0. The van der Waals surface area contributed by atoms with Gasteiger partial charge in [-0.25, -0.2) is 4.68 Å². The number of carbonyl (C=O) groups is 5. The van der Waals surface area contributed by atoms with Crippen molar-refractivity contribution in [2.24, 2.45) is 5.92 Å². The van der Waals surface area contributed by atoms with Crippen LogP contribution in [0.5, 0.6) is 0 Å². The molecule has 3 aliphatic heterocycles. The van der Waals surface area contributed by atoms with Gasteiger partial charge in [-0.1, -0.05) is 19.1 Å². The van der Waals surface area contributed by atoms with Crippen molar-refractivity contribution >= 4 is 29.5 Å². The summed E-state index contributed by atoms with van der Waals surface area (Å²) in [5.41, 5.74) is 1.93. The number of amides is 5. The minimum atomic E-state index is -0.693. The first-order chi connectivity index (χ1) is 17.2. The highest BCUT2D eigenvalue weighted by atomic mass is 16.2. The van der Waals surface area contributed by atoms with Gasteiger partial charge in [0.25, 0.3) is 11.8 Å². The molecular formula is C24H27N7O5. The van der Waals surface area contributed by atoms with E-state index in [1.54, 1.807) is 23.1 Å². The molecule has 0 radical (unpaired) electrons. The first-order valence-electron chi connectivity index (χ1n) is 12.0. The number of hydrogen-bond acceptors (Lipinski definition) is 7. The van der Waals surface area contributed by atoms with Crippen LogP contribution in [0, 0.1) is 5.92 Å². The van der Waals surface area contributed by atoms with Gasteiger partial charge in [0.1, 0.15) is 12.1 Å². The zero-order valence-corrected chi connectivity index (χ0v) is 20.1. The Morgan fingerprint density at radius 2 is 1.94 bits per heavy atom. The van der Waals surface area contributed by atoms with Crippen LogP contribution in [0.15, 0.2) is 24.4 Å². The Bertz CT molecular complexity index is 1270. The van der Waals surface area contributed by atoms with Gasteiger partial charge in [-0.3, -0.25) is 29.3 Å². The van der Waals surface area contributed by atoms with Crippen molar-refractivity contribution in [1.29, 1.82) is 0 Å². The maximum Gasteiger partial charge on any atom is 0.276 e. The van der Waals surface area contributed by atoms with Crippen molar-refractivity contribution in [3.05, 3.63) is 41.2 Å². The number of fused-ring (bicyclic) bond motifs is 1. The summed E-state index contributed by atoms with van der Waals surface area (Å²) in [7, 11) is 0. The van der Waals surface area contributed by atoms with Gasteiger partial charge in [-0.05, 0) is 42.5 Å². The van der Waals surface area contributed by atoms with Gasteiger partial charge in [0.05, 0.1) is 11.9 Å². The Morgan fingerprint density at radius 1 is 1.14 bits per heavy atom. The fourth-order valence-electron chi connectivity index (χ4n) is 5.08. The molecule has 5 rings (SSSR count). The van der Waals surface area contributed by atoms with Crippen molar-refractivity contribution in [3.63, 3.8) is 0 Å². The smallest absolute Gasteiger partial charge is 0.276 e. The third-order valence-corrected chi connectivity index (χ3v) is 6.86. The van der Waals surface area contributed by atoms with E-state index in [-0.39, 0.29) is 54.6 Å². The SMILES string of the molecule is CC(C)C1C(=O)NCCCN1C(=O)c1cn(-c2ccc3c(c2)CN(C2CCC(=O)NC2=O)C3=O)nn1. The van der Waals surface area contributed by atoms with Crippen LogP contribution in [-0.4, -0.2) is 79.5 Å². The predicted octanol–water partition coefficient (Wildman–Crippen LogP) is 0.0150. The van der Waals surface area contributed by atoms with Crippen LogP contribution in [0.4, 0.5) is 0 Å². The van der Waals surface area contributed by atoms with E-state index in [1.165, 1.54) is 15.8 Å². The highest BCUT2D eigenvalue weighted by molar-refractivity contribution is 6.05. The van der Waals surface area contributed by atoms with E-state index in [1.807, 2.05) is 13.8 Å². The number of carbonyl (C=O) groups excluding carboxylic acids is 5. The fourth-order valence-corrected chi connectivity index (χ4v) is 5.08. The lowest BCUT2D eigenvalue weighted by molar-refractivity contribution is -0.137. The molecule has 12 nitrogen and oxygen atoms in total. The number of benzene rings is 1. The Kier molecular flexibility index (Phi) is 6.02. The van der Waals surface area contributed by atoms with Crippen LogP contribution in [0.2, 0.25) is 0 Å². The quantitative estimate of drug-likeness (QED) is 0.571. The summed E-state index contributed by atoms with van der Waals surface area (Å²) in [4.78, 5) is 65.5. The summed E-state index contributed by atoms with van der Waals surface area (Å²) in [6, 6.07) is 3.86. The number of nitrogens with zero attached hydrogens (tertiary/aromatic N) is 5. The van der Waals surface area contributed by atoms with Crippen molar-refractivity contribution < 1.29 is 24.0 Å². The second-order valence-electron chi connectivity index (χ2n) is 9.62. The largest absolute Gasteiger partial charge is 0.354 e. The molecule has 188 valence electrons. The predicted molar refractivity (Wildman–Crippen MR) is 125 cm³/mol. The third kappa shape index (κ3) is 4.12. The Balaban J connectivity index is 1.36. The molecule has 0 aliphatic carbocycles. The molecule has 1 aromatic heterocycles. The number of aromatic nitrogens is 3. The van der Waals surface area contributed by atoms with Crippen LogP contribution in [-0.2, 0) is 20.9 Å². The van der Waals surface area contributed by atoms with Crippen LogP contribution in [0.1, 0.15) is 59.5 Å². The van der Waals surface area contributed by atoms with E-state index >= 15 is 0 Å². The highest BCUT2D eigenvalue weighted by Gasteiger charge is 2.39. The molecule has 3 aliphatic rings. The summed E-state index contributed by atoms with van der Waals surface area (Å²) >= 11 is 0. The van der Waals surface area contributed by atoms with Crippen LogP contribution < -0.4 is 10.6 Å². The monoisotopic (exact) mass is 493 g/mol. The van der Waals surface area contributed by atoms with Crippen molar-refractivity contribution in [2.75, 3.05) is 13.1 Å². The van der Waals surface area contributed by atoms with E-state index in [0.717, 1.165) is 5.56 Å². The normalized spacial score (nSPS) is 22.4. The topological polar surface area (TPSA) is 147 Å². The van der Waals surface area contributed by atoms with Crippen molar-refractivity contribution in [3.8, 4) is 5.69 Å². The zero-order valence-electron chi connectivity index (χ0n) is 20.1. The van der Waals surface area contributed by atoms with Gasteiger partial charge in [-0.2, -0.15) is 0 Å². The minimum Gasteiger partial charge on any atom is -0.354 e.